The summed E-state index contributed by atoms with van der Waals surface area (Å²) in [6.45, 7) is 1.25. The Labute approximate surface area is 185 Å². The van der Waals surface area contributed by atoms with Crippen molar-refractivity contribution in [3.8, 4) is 17.2 Å². The molecule has 0 aliphatic rings. The summed E-state index contributed by atoms with van der Waals surface area (Å²) >= 11 is 0. The van der Waals surface area contributed by atoms with Gasteiger partial charge in [-0.3, -0.25) is 14.4 Å². The molecule has 0 aromatic heterocycles. The summed E-state index contributed by atoms with van der Waals surface area (Å²) in [5.74, 6) is 0.0535. The van der Waals surface area contributed by atoms with Gasteiger partial charge < -0.3 is 24.8 Å². The molecular formula is C24H22N2O6. The monoisotopic (exact) mass is 434 g/mol. The molecule has 8 nitrogen and oxygen atoms in total. The average molecular weight is 434 g/mol. The molecule has 0 spiro atoms. The number of ether oxygens (including phenoxy) is 3. The number of benzene rings is 3. The maximum absolute atomic E-state index is 12.6. The first kappa shape index (κ1) is 22.4. The van der Waals surface area contributed by atoms with Crippen LogP contribution in [0.15, 0.2) is 66.7 Å². The molecule has 0 atom stereocenters. The summed E-state index contributed by atoms with van der Waals surface area (Å²) < 4.78 is 15.4. The van der Waals surface area contributed by atoms with E-state index in [1.165, 1.54) is 20.1 Å². The minimum Gasteiger partial charge on any atom is -0.497 e. The Kier molecular flexibility index (Phi) is 7.07. The number of carbonyl (C=O) groups excluding carboxylic acids is 3. The normalized spacial score (nSPS) is 10.1. The largest absolute Gasteiger partial charge is 0.497 e. The Balaban J connectivity index is 1.78. The van der Waals surface area contributed by atoms with Crippen LogP contribution in [0.2, 0.25) is 0 Å². The van der Waals surface area contributed by atoms with Crippen molar-refractivity contribution in [2.75, 3.05) is 24.9 Å². The van der Waals surface area contributed by atoms with E-state index in [-0.39, 0.29) is 17.3 Å². The minimum atomic E-state index is -0.566. The lowest BCUT2D eigenvalue weighted by atomic mass is 10.1. The molecule has 0 bridgehead atoms. The summed E-state index contributed by atoms with van der Waals surface area (Å²) in [4.78, 5) is 36.6. The van der Waals surface area contributed by atoms with Gasteiger partial charge in [0.25, 0.3) is 11.8 Å². The summed E-state index contributed by atoms with van der Waals surface area (Å²) in [6, 6.07) is 17.8. The molecule has 3 aromatic rings. The zero-order valence-corrected chi connectivity index (χ0v) is 17.8. The van der Waals surface area contributed by atoms with Crippen LogP contribution in [0.5, 0.6) is 17.2 Å². The number of methoxy groups -OCH3 is 2. The Hall–Kier alpha value is -4.33. The van der Waals surface area contributed by atoms with Crippen molar-refractivity contribution in [3.63, 3.8) is 0 Å². The average Bonchev–Trinajstić information content (AvgIpc) is 2.80. The summed E-state index contributed by atoms with van der Waals surface area (Å²) in [5.41, 5.74) is 1.50. The highest BCUT2D eigenvalue weighted by molar-refractivity contribution is 6.06. The van der Waals surface area contributed by atoms with E-state index in [2.05, 4.69) is 10.6 Å². The van der Waals surface area contributed by atoms with Crippen LogP contribution in [-0.2, 0) is 4.79 Å². The highest BCUT2D eigenvalue weighted by atomic mass is 16.5. The van der Waals surface area contributed by atoms with Crippen LogP contribution in [0.25, 0.3) is 0 Å². The molecule has 3 aromatic carbocycles. The Morgan fingerprint density at radius 3 is 1.66 bits per heavy atom. The van der Waals surface area contributed by atoms with E-state index in [1.54, 1.807) is 67.8 Å². The van der Waals surface area contributed by atoms with Crippen LogP contribution < -0.4 is 24.8 Å². The van der Waals surface area contributed by atoms with Crippen LogP contribution in [0.4, 0.5) is 11.4 Å². The third-order valence-electron chi connectivity index (χ3n) is 4.45. The van der Waals surface area contributed by atoms with Gasteiger partial charge >= 0.3 is 5.97 Å². The van der Waals surface area contributed by atoms with Gasteiger partial charge in [-0.15, -0.1) is 0 Å². The number of rotatable bonds is 7. The van der Waals surface area contributed by atoms with Crippen LogP contribution in [0.3, 0.4) is 0 Å². The summed E-state index contributed by atoms with van der Waals surface area (Å²) in [7, 11) is 3.08. The molecule has 164 valence electrons. The third-order valence-corrected chi connectivity index (χ3v) is 4.45. The van der Waals surface area contributed by atoms with Crippen molar-refractivity contribution in [1.29, 1.82) is 0 Å². The van der Waals surface area contributed by atoms with Gasteiger partial charge in [-0.1, -0.05) is 0 Å². The molecule has 0 fully saturated rings. The van der Waals surface area contributed by atoms with Crippen molar-refractivity contribution in [2.24, 2.45) is 0 Å². The minimum absolute atomic E-state index is 0.104. The van der Waals surface area contributed by atoms with Gasteiger partial charge in [-0.05, 0) is 60.7 Å². The van der Waals surface area contributed by atoms with E-state index in [0.717, 1.165) is 0 Å². The number of hydrogen-bond acceptors (Lipinski definition) is 6. The number of anilines is 2. The Bertz CT molecular complexity index is 1120. The first-order valence-electron chi connectivity index (χ1n) is 9.63. The van der Waals surface area contributed by atoms with E-state index in [9.17, 15) is 14.4 Å². The molecule has 0 aliphatic carbocycles. The van der Waals surface area contributed by atoms with Crippen molar-refractivity contribution >= 4 is 29.2 Å². The van der Waals surface area contributed by atoms with Crippen LogP contribution >= 0.6 is 0 Å². The maximum Gasteiger partial charge on any atom is 0.308 e. The highest BCUT2D eigenvalue weighted by Gasteiger charge is 2.14. The van der Waals surface area contributed by atoms with Crippen molar-refractivity contribution in [2.45, 2.75) is 6.92 Å². The molecule has 0 radical (unpaired) electrons. The topological polar surface area (TPSA) is 103 Å². The van der Waals surface area contributed by atoms with E-state index in [1.807, 2.05) is 0 Å². The quantitative estimate of drug-likeness (QED) is 0.428. The van der Waals surface area contributed by atoms with Gasteiger partial charge in [0, 0.05) is 29.8 Å². The number of amides is 2. The SMILES string of the molecule is COc1ccc(C(=O)Nc2ccc(NC(=O)c3ccc(OC)cc3)c(OC(C)=O)c2)cc1. The second-order valence-corrected chi connectivity index (χ2v) is 6.67. The van der Waals surface area contributed by atoms with Gasteiger partial charge in [0.05, 0.1) is 19.9 Å². The van der Waals surface area contributed by atoms with Gasteiger partial charge in [-0.25, -0.2) is 0 Å². The van der Waals surface area contributed by atoms with Crippen molar-refractivity contribution in [1.82, 2.24) is 0 Å². The van der Waals surface area contributed by atoms with Gasteiger partial charge in [0.1, 0.15) is 11.5 Å². The molecule has 32 heavy (non-hydrogen) atoms. The third kappa shape index (κ3) is 5.63. The van der Waals surface area contributed by atoms with Crippen molar-refractivity contribution < 1.29 is 28.6 Å². The smallest absolute Gasteiger partial charge is 0.308 e. The van der Waals surface area contributed by atoms with Crippen molar-refractivity contribution in [3.05, 3.63) is 77.9 Å². The van der Waals surface area contributed by atoms with Gasteiger partial charge in [0.15, 0.2) is 5.75 Å². The van der Waals surface area contributed by atoms with Gasteiger partial charge in [0.2, 0.25) is 0 Å². The van der Waals surface area contributed by atoms with E-state index in [4.69, 9.17) is 14.2 Å². The zero-order chi connectivity index (χ0) is 23.1. The fourth-order valence-electron chi connectivity index (χ4n) is 2.83. The predicted octanol–water partition coefficient (Wildman–Crippen LogP) is 4.13. The maximum atomic E-state index is 12.6. The number of nitrogens with one attached hydrogen (secondary N) is 2. The van der Waals surface area contributed by atoms with E-state index < -0.39 is 11.9 Å². The number of hydrogen-bond donors (Lipinski definition) is 2. The molecule has 0 aliphatic heterocycles. The second-order valence-electron chi connectivity index (χ2n) is 6.67. The van der Waals surface area contributed by atoms with Crippen LogP contribution in [-0.4, -0.2) is 32.0 Å². The lowest BCUT2D eigenvalue weighted by Gasteiger charge is -2.13. The molecular weight excluding hydrogens is 412 g/mol. The summed E-state index contributed by atoms with van der Waals surface area (Å²) in [5, 5.41) is 5.45. The lowest BCUT2D eigenvalue weighted by molar-refractivity contribution is -0.131. The predicted molar refractivity (Wildman–Crippen MR) is 120 cm³/mol. The standard InChI is InChI=1S/C24H22N2O6/c1-15(27)32-22-14-18(25-23(28)16-4-9-19(30-2)10-5-16)8-13-21(22)26-24(29)17-6-11-20(31-3)12-7-17/h4-14H,1-3H3,(H,25,28)(H,26,29). The fourth-order valence-corrected chi connectivity index (χ4v) is 2.83. The molecule has 3 rings (SSSR count). The number of esters is 1. The second kappa shape index (κ2) is 10.1. The first-order valence-corrected chi connectivity index (χ1v) is 9.63. The van der Waals surface area contributed by atoms with Crippen LogP contribution in [0.1, 0.15) is 27.6 Å². The van der Waals surface area contributed by atoms with Gasteiger partial charge in [-0.2, -0.15) is 0 Å². The zero-order valence-electron chi connectivity index (χ0n) is 17.8. The number of carbonyl (C=O) groups is 3. The fraction of sp³-hybridized carbons (Fsp3) is 0.125. The molecule has 0 saturated heterocycles. The van der Waals surface area contributed by atoms with E-state index >= 15 is 0 Å². The Morgan fingerprint density at radius 1 is 0.688 bits per heavy atom. The molecule has 0 unspecified atom stereocenters. The molecule has 2 N–H and O–H groups in total. The molecule has 0 heterocycles. The highest BCUT2D eigenvalue weighted by Crippen LogP contribution is 2.29. The lowest BCUT2D eigenvalue weighted by Crippen LogP contribution is -2.15. The molecule has 0 saturated carbocycles. The summed E-state index contributed by atoms with van der Waals surface area (Å²) in [6.07, 6.45) is 0. The van der Waals surface area contributed by atoms with E-state index in [0.29, 0.717) is 28.3 Å². The molecule has 8 heteroatoms. The Morgan fingerprint density at radius 2 is 1.19 bits per heavy atom. The van der Waals surface area contributed by atoms with Crippen LogP contribution in [0, 0.1) is 0 Å². The molecule has 2 amide bonds. The first-order chi connectivity index (χ1) is 15.4.